The van der Waals surface area contributed by atoms with Gasteiger partial charge in [0.25, 0.3) is 0 Å². The number of carbonyl (C=O) groups is 2. The van der Waals surface area contributed by atoms with Gasteiger partial charge in [-0.05, 0) is 50.9 Å². The number of ketones is 2. The van der Waals surface area contributed by atoms with E-state index in [9.17, 15) is 9.59 Å². The number of hydrogen-bond acceptors (Lipinski definition) is 3. The van der Waals surface area contributed by atoms with Crippen molar-refractivity contribution in [1.82, 2.24) is 4.90 Å². The van der Waals surface area contributed by atoms with Crippen molar-refractivity contribution in [2.45, 2.75) is 70.4 Å². The van der Waals surface area contributed by atoms with Crippen LogP contribution in [0, 0.1) is 29.6 Å². The molecule has 23 heavy (non-hydrogen) atoms. The van der Waals surface area contributed by atoms with Gasteiger partial charge < -0.3 is 4.90 Å². The highest BCUT2D eigenvalue weighted by atomic mass is 16.1. The number of carbonyl (C=O) groups excluding carboxylic acids is 2. The summed E-state index contributed by atoms with van der Waals surface area (Å²) in [5.41, 5.74) is 1.34. The van der Waals surface area contributed by atoms with Crippen LogP contribution in [0.25, 0.3) is 0 Å². The van der Waals surface area contributed by atoms with Gasteiger partial charge in [-0.1, -0.05) is 12.8 Å². The summed E-state index contributed by atoms with van der Waals surface area (Å²) in [5.74, 6) is 2.91. The largest absolute Gasteiger partial charge is 0.368 e. The summed E-state index contributed by atoms with van der Waals surface area (Å²) in [6.07, 6.45) is 10.9. The average molecular weight is 313 g/mol. The molecule has 2 saturated carbocycles. The van der Waals surface area contributed by atoms with Crippen molar-refractivity contribution in [2.24, 2.45) is 29.6 Å². The monoisotopic (exact) mass is 313 g/mol. The van der Waals surface area contributed by atoms with E-state index >= 15 is 0 Å². The Bertz CT molecular complexity index is 594. The predicted molar refractivity (Wildman–Crippen MR) is 87.6 cm³/mol. The molecule has 0 aromatic rings. The lowest BCUT2D eigenvalue weighted by atomic mass is 9.55. The van der Waals surface area contributed by atoms with Gasteiger partial charge in [0, 0.05) is 48.0 Å². The van der Waals surface area contributed by atoms with E-state index in [2.05, 4.69) is 11.8 Å². The zero-order valence-electron chi connectivity index (χ0n) is 14.0. The van der Waals surface area contributed by atoms with Gasteiger partial charge in [-0.15, -0.1) is 0 Å². The molecule has 3 heteroatoms. The van der Waals surface area contributed by atoms with E-state index in [-0.39, 0.29) is 11.8 Å². The van der Waals surface area contributed by atoms with E-state index in [4.69, 9.17) is 0 Å². The van der Waals surface area contributed by atoms with Gasteiger partial charge in [-0.2, -0.15) is 0 Å². The fourth-order valence-corrected chi connectivity index (χ4v) is 6.80. The van der Waals surface area contributed by atoms with Gasteiger partial charge in [-0.25, -0.2) is 0 Å². The highest BCUT2D eigenvalue weighted by Crippen LogP contribution is 2.56. The number of Topliss-reactive ketones (excluding diaryl/α,β-unsaturated/α-hetero) is 1. The topological polar surface area (TPSA) is 37.4 Å². The smallest absolute Gasteiger partial charge is 0.160 e. The molecule has 0 spiro atoms. The fraction of sp³-hybridized carbons (Fsp3) is 0.800. The predicted octanol–water partition coefficient (Wildman–Crippen LogP) is 3.34. The molecule has 124 valence electrons. The number of fused-ring (bicyclic) bond motifs is 6. The maximum absolute atomic E-state index is 12.8. The summed E-state index contributed by atoms with van der Waals surface area (Å²) in [6.45, 7) is 2.30. The fourth-order valence-electron chi connectivity index (χ4n) is 6.80. The van der Waals surface area contributed by atoms with Crippen LogP contribution in [0.3, 0.4) is 0 Å². The molecule has 2 aliphatic heterocycles. The number of nitrogens with zero attached hydrogens (tertiary/aromatic N) is 1. The summed E-state index contributed by atoms with van der Waals surface area (Å²) >= 11 is 0. The van der Waals surface area contributed by atoms with E-state index in [1.165, 1.54) is 31.4 Å². The van der Waals surface area contributed by atoms with Gasteiger partial charge >= 0.3 is 0 Å². The van der Waals surface area contributed by atoms with Crippen LogP contribution in [0.15, 0.2) is 11.8 Å². The molecule has 3 nitrogen and oxygen atoms in total. The quantitative estimate of drug-likeness (QED) is 0.688. The molecular weight excluding hydrogens is 286 g/mol. The lowest BCUT2D eigenvalue weighted by Crippen LogP contribution is -2.62. The second-order valence-corrected chi connectivity index (χ2v) is 8.73. The van der Waals surface area contributed by atoms with Crippen LogP contribution in [0.5, 0.6) is 0 Å². The zero-order chi connectivity index (χ0) is 15.7. The average Bonchev–Trinajstić information content (AvgIpc) is 2.54. The molecule has 0 amide bonds. The Labute approximate surface area is 138 Å². The molecule has 2 bridgehead atoms. The normalized spacial score (nSPS) is 48.5. The van der Waals surface area contributed by atoms with Crippen LogP contribution in [0.4, 0.5) is 0 Å². The standard InChI is InChI=1S/C20H27NO2/c1-11-6-7-15-16-8-12(9-18(15)22)20-14-5-3-2-4-13(14)19(23)10-17(20)21(11)16/h10-16,20H,2-9H2,1H3/t11-,12?,13+,14+,15-,16-,20-/m0/s1. The van der Waals surface area contributed by atoms with E-state index in [1.54, 1.807) is 0 Å². The number of piperidine rings is 2. The summed E-state index contributed by atoms with van der Waals surface area (Å²) in [7, 11) is 0. The third-order valence-electron chi connectivity index (χ3n) is 7.70. The highest BCUT2D eigenvalue weighted by Gasteiger charge is 2.56. The minimum atomic E-state index is 0.239. The molecule has 5 aliphatic rings. The zero-order valence-corrected chi connectivity index (χ0v) is 14.0. The van der Waals surface area contributed by atoms with Crippen molar-refractivity contribution in [3.63, 3.8) is 0 Å². The second-order valence-electron chi connectivity index (χ2n) is 8.73. The first-order chi connectivity index (χ1) is 11.1. The summed E-state index contributed by atoms with van der Waals surface area (Å²) < 4.78 is 0. The second kappa shape index (κ2) is 4.94. The van der Waals surface area contributed by atoms with Gasteiger partial charge in [-0.3, -0.25) is 9.59 Å². The van der Waals surface area contributed by atoms with Crippen LogP contribution in [-0.2, 0) is 9.59 Å². The maximum atomic E-state index is 12.8. The highest BCUT2D eigenvalue weighted by molar-refractivity contribution is 5.94. The molecule has 0 N–H and O–H groups in total. The summed E-state index contributed by atoms with van der Waals surface area (Å²) in [6, 6.07) is 0.880. The Morgan fingerprint density at radius 3 is 2.74 bits per heavy atom. The molecule has 7 atom stereocenters. The maximum Gasteiger partial charge on any atom is 0.160 e. The molecule has 3 aliphatic carbocycles. The first-order valence-corrected chi connectivity index (χ1v) is 9.71. The van der Waals surface area contributed by atoms with E-state index < -0.39 is 0 Å². The van der Waals surface area contributed by atoms with Crippen molar-refractivity contribution < 1.29 is 9.59 Å². The third-order valence-corrected chi connectivity index (χ3v) is 7.70. The molecule has 2 heterocycles. The third kappa shape index (κ3) is 1.88. The van der Waals surface area contributed by atoms with Crippen LogP contribution < -0.4 is 0 Å². The Hall–Kier alpha value is -1.12. The molecule has 4 fully saturated rings. The Kier molecular flexibility index (Phi) is 3.06. The van der Waals surface area contributed by atoms with Crippen LogP contribution in [-0.4, -0.2) is 28.6 Å². The first-order valence-electron chi connectivity index (χ1n) is 9.71. The number of allylic oxidation sites excluding steroid dienone is 2. The number of hydrogen-bond donors (Lipinski definition) is 0. The summed E-state index contributed by atoms with van der Waals surface area (Å²) in [5, 5.41) is 0. The lowest BCUT2D eigenvalue weighted by Gasteiger charge is -2.60. The molecular formula is C20H27NO2. The molecule has 1 unspecified atom stereocenters. The molecule has 5 rings (SSSR count). The Balaban J connectivity index is 1.62. The van der Waals surface area contributed by atoms with E-state index in [0.717, 1.165) is 25.7 Å². The van der Waals surface area contributed by atoms with E-state index in [0.29, 0.717) is 41.4 Å². The van der Waals surface area contributed by atoms with Crippen LogP contribution in [0.2, 0.25) is 0 Å². The summed E-state index contributed by atoms with van der Waals surface area (Å²) in [4.78, 5) is 28.0. The van der Waals surface area contributed by atoms with Crippen molar-refractivity contribution in [2.75, 3.05) is 0 Å². The lowest BCUT2D eigenvalue weighted by molar-refractivity contribution is -0.140. The minimum absolute atomic E-state index is 0.239. The van der Waals surface area contributed by atoms with Crippen molar-refractivity contribution in [3.8, 4) is 0 Å². The van der Waals surface area contributed by atoms with Crippen LogP contribution in [0.1, 0.15) is 58.3 Å². The van der Waals surface area contributed by atoms with Gasteiger partial charge in [0.2, 0.25) is 0 Å². The first kappa shape index (κ1) is 14.2. The Morgan fingerprint density at radius 2 is 1.87 bits per heavy atom. The van der Waals surface area contributed by atoms with Gasteiger partial charge in [0.15, 0.2) is 5.78 Å². The molecule has 0 radical (unpaired) electrons. The molecule has 0 aromatic heterocycles. The Morgan fingerprint density at radius 1 is 1.04 bits per heavy atom. The SMILES string of the molecule is C[C@H]1CC[C@@H]2C(=O)CC3C[C@@H]2N1C1=CC(=O)[C@@H]2CCCC[C@H]2[C@@H]13. The van der Waals surface area contributed by atoms with Crippen molar-refractivity contribution in [1.29, 1.82) is 0 Å². The van der Waals surface area contributed by atoms with Crippen LogP contribution >= 0.6 is 0 Å². The minimum Gasteiger partial charge on any atom is -0.368 e. The molecule has 0 aromatic carbocycles. The van der Waals surface area contributed by atoms with Gasteiger partial charge in [0.1, 0.15) is 5.78 Å². The van der Waals surface area contributed by atoms with E-state index in [1.807, 2.05) is 6.08 Å². The van der Waals surface area contributed by atoms with Crippen molar-refractivity contribution >= 4 is 11.6 Å². The number of rotatable bonds is 0. The van der Waals surface area contributed by atoms with Gasteiger partial charge in [0.05, 0.1) is 0 Å². The van der Waals surface area contributed by atoms with Crippen molar-refractivity contribution in [3.05, 3.63) is 11.8 Å². The molecule has 2 saturated heterocycles.